The topological polar surface area (TPSA) is 72.3 Å². The minimum atomic E-state index is -0.954. The first-order chi connectivity index (χ1) is 8.06. The molecule has 0 amide bonds. The third-order valence-corrected chi connectivity index (χ3v) is 3.44. The zero-order valence-electron chi connectivity index (χ0n) is 9.21. The highest BCUT2D eigenvalue weighted by atomic mass is 32.1. The van der Waals surface area contributed by atoms with E-state index in [-0.39, 0.29) is 10.8 Å². The van der Waals surface area contributed by atoms with Gasteiger partial charge in [0.1, 0.15) is 16.5 Å². The van der Waals surface area contributed by atoms with Crippen LogP contribution in [0.25, 0.3) is 0 Å². The van der Waals surface area contributed by atoms with Crippen LogP contribution >= 0.6 is 22.9 Å². The van der Waals surface area contributed by atoms with E-state index in [9.17, 15) is 4.79 Å². The Kier molecular flexibility index (Phi) is 3.39. The second-order valence-electron chi connectivity index (χ2n) is 3.63. The van der Waals surface area contributed by atoms with E-state index in [0.29, 0.717) is 10.9 Å². The number of carboxylic acids is 1. The predicted octanol–water partition coefficient (Wildman–Crippen LogP) is 3.21. The van der Waals surface area contributed by atoms with E-state index in [2.05, 4.69) is 9.36 Å². The molecule has 0 fully saturated rings. The van der Waals surface area contributed by atoms with Crippen LogP contribution in [-0.4, -0.2) is 20.4 Å². The second kappa shape index (κ2) is 4.80. The molecule has 0 bridgehead atoms. The third-order valence-electron chi connectivity index (χ3n) is 1.93. The molecule has 0 aromatic carbocycles. The Morgan fingerprint density at radius 3 is 2.82 bits per heavy atom. The number of carbonyl (C=O) groups is 1. The summed E-state index contributed by atoms with van der Waals surface area (Å²) in [7, 11) is 0. The van der Waals surface area contributed by atoms with Crippen LogP contribution in [0.5, 0.6) is 10.9 Å². The molecule has 0 saturated carbocycles. The molecule has 2 aromatic rings. The number of aromatic carboxylic acids is 1. The highest BCUT2D eigenvalue weighted by molar-refractivity contribution is 7.12. The first-order valence-corrected chi connectivity index (χ1v) is 6.55. The van der Waals surface area contributed by atoms with Gasteiger partial charge in [-0.15, -0.1) is 11.3 Å². The van der Waals surface area contributed by atoms with Gasteiger partial charge in [-0.3, -0.25) is 0 Å². The summed E-state index contributed by atoms with van der Waals surface area (Å²) in [6.07, 6.45) is 0. The predicted molar refractivity (Wildman–Crippen MR) is 65.4 cm³/mol. The highest BCUT2D eigenvalue weighted by Crippen LogP contribution is 2.29. The number of hydrogen-bond donors (Lipinski definition) is 1. The molecule has 0 aliphatic rings. The summed E-state index contributed by atoms with van der Waals surface area (Å²) in [6.45, 7) is 4.00. The number of thiophene rings is 1. The van der Waals surface area contributed by atoms with Crippen LogP contribution < -0.4 is 4.74 Å². The number of rotatable bonds is 4. The van der Waals surface area contributed by atoms with Gasteiger partial charge in [0.25, 0.3) is 5.19 Å². The van der Waals surface area contributed by atoms with Crippen molar-refractivity contribution in [1.82, 2.24) is 9.36 Å². The van der Waals surface area contributed by atoms with Crippen molar-refractivity contribution >= 4 is 28.8 Å². The van der Waals surface area contributed by atoms with Crippen LogP contribution in [0.15, 0.2) is 11.4 Å². The van der Waals surface area contributed by atoms with Gasteiger partial charge in [0.2, 0.25) is 0 Å². The molecule has 0 aliphatic heterocycles. The zero-order valence-corrected chi connectivity index (χ0v) is 10.8. The molecule has 0 atom stereocenters. The van der Waals surface area contributed by atoms with Gasteiger partial charge >= 0.3 is 5.97 Å². The average Bonchev–Trinajstić information content (AvgIpc) is 2.87. The maximum absolute atomic E-state index is 10.7. The molecular weight excluding hydrogens is 260 g/mol. The number of carboxylic acid groups (broad SMARTS) is 1. The molecule has 7 heteroatoms. The lowest BCUT2D eigenvalue weighted by Crippen LogP contribution is -1.91. The maximum atomic E-state index is 10.7. The lowest BCUT2D eigenvalue weighted by Gasteiger charge is -1.96. The van der Waals surface area contributed by atoms with Crippen molar-refractivity contribution in [2.24, 2.45) is 0 Å². The monoisotopic (exact) mass is 270 g/mol. The van der Waals surface area contributed by atoms with E-state index in [4.69, 9.17) is 9.84 Å². The molecule has 0 unspecified atom stereocenters. The van der Waals surface area contributed by atoms with Crippen molar-refractivity contribution in [3.63, 3.8) is 0 Å². The quantitative estimate of drug-likeness (QED) is 0.923. The van der Waals surface area contributed by atoms with Crippen molar-refractivity contribution in [3.8, 4) is 10.9 Å². The first kappa shape index (κ1) is 12.0. The van der Waals surface area contributed by atoms with Gasteiger partial charge in [0, 0.05) is 28.9 Å². The fourth-order valence-corrected chi connectivity index (χ4v) is 2.42. The SMILES string of the molecule is CC(C)c1nsc(Oc2csc(C(=O)O)c2)n1. The summed E-state index contributed by atoms with van der Waals surface area (Å²) in [6, 6.07) is 1.48. The molecule has 17 heavy (non-hydrogen) atoms. The molecule has 2 heterocycles. The number of ether oxygens (including phenoxy) is 1. The van der Waals surface area contributed by atoms with E-state index >= 15 is 0 Å². The van der Waals surface area contributed by atoms with E-state index in [1.807, 2.05) is 13.8 Å². The summed E-state index contributed by atoms with van der Waals surface area (Å²) in [5, 5.41) is 10.8. The lowest BCUT2D eigenvalue weighted by molar-refractivity contribution is 0.0702. The molecule has 2 aromatic heterocycles. The minimum Gasteiger partial charge on any atom is -0.477 e. The Morgan fingerprint density at radius 2 is 2.29 bits per heavy atom. The summed E-state index contributed by atoms with van der Waals surface area (Å²) >= 11 is 2.29. The minimum absolute atomic E-state index is 0.244. The fraction of sp³-hybridized carbons (Fsp3) is 0.300. The highest BCUT2D eigenvalue weighted by Gasteiger charge is 2.12. The smallest absolute Gasteiger partial charge is 0.346 e. The van der Waals surface area contributed by atoms with Crippen molar-refractivity contribution in [3.05, 3.63) is 22.1 Å². The molecule has 0 spiro atoms. The summed E-state index contributed by atoms with van der Waals surface area (Å²) in [5.41, 5.74) is 0. The average molecular weight is 270 g/mol. The third kappa shape index (κ3) is 2.80. The number of hydrogen-bond acceptors (Lipinski definition) is 6. The van der Waals surface area contributed by atoms with Crippen LogP contribution in [0.1, 0.15) is 35.3 Å². The molecular formula is C10H10N2O3S2. The zero-order chi connectivity index (χ0) is 12.4. The Labute approximate surface area is 106 Å². The Hall–Kier alpha value is -1.47. The Morgan fingerprint density at radius 1 is 1.53 bits per heavy atom. The largest absolute Gasteiger partial charge is 0.477 e. The first-order valence-electron chi connectivity index (χ1n) is 4.89. The van der Waals surface area contributed by atoms with Crippen LogP contribution in [-0.2, 0) is 0 Å². The van der Waals surface area contributed by atoms with Gasteiger partial charge in [0.05, 0.1) is 0 Å². The van der Waals surface area contributed by atoms with E-state index in [1.165, 1.54) is 6.07 Å². The van der Waals surface area contributed by atoms with Crippen molar-refractivity contribution in [2.75, 3.05) is 0 Å². The molecule has 5 nitrogen and oxygen atoms in total. The van der Waals surface area contributed by atoms with Crippen LogP contribution in [0.2, 0.25) is 0 Å². The van der Waals surface area contributed by atoms with Crippen molar-refractivity contribution in [1.29, 1.82) is 0 Å². The number of nitrogens with zero attached hydrogens (tertiary/aromatic N) is 2. The van der Waals surface area contributed by atoms with Gasteiger partial charge in [-0.05, 0) is 0 Å². The standard InChI is InChI=1S/C10H10N2O3S2/c1-5(2)8-11-10(17-12-8)15-6-3-7(9(13)14)16-4-6/h3-5H,1-2H3,(H,13,14). The van der Waals surface area contributed by atoms with Crippen molar-refractivity contribution < 1.29 is 14.6 Å². The van der Waals surface area contributed by atoms with E-state index < -0.39 is 5.97 Å². The van der Waals surface area contributed by atoms with Crippen LogP contribution in [0.3, 0.4) is 0 Å². The molecule has 1 N–H and O–H groups in total. The molecule has 2 rings (SSSR count). The molecule has 0 radical (unpaired) electrons. The maximum Gasteiger partial charge on any atom is 0.346 e. The Balaban J connectivity index is 2.11. The molecule has 0 aliphatic carbocycles. The normalized spacial score (nSPS) is 10.8. The number of aromatic nitrogens is 2. The molecule has 90 valence electrons. The lowest BCUT2D eigenvalue weighted by atomic mass is 10.2. The van der Waals surface area contributed by atoms with Crippen LogP contribution in [0.4, 0.5) is 0 Å². The van der Waals surface area contributed by atoms with Gasteiger partial charge in [0.15, 0.2) is 0 Å². The Bertz CT molecular complexity index is 533. The summed E-state index contributed by atoms with van der Waals surface area (Å²) in [4.78, 5) is 15.1. The van der Waals surface area contributed by atoms with Gasteiger partial charge < -0.3 is 9.84 Å². The second-order valence-corrected chi connectivity index (χ2v) is 5.25. The van der Waals surface area contributed by atoms with Gasteiger partial charge in [-0.25, -0.2) is 4.79 Å². The van der Waals surface area contributed by atoms with E-state index in [0.717, 1.165) is 28.7 Å². The van der Waals surface area contributed by atoms with E-state index in [1.54, 1.807) is 5.38 Å². The fourth-order valence-electron chi connectivity index (χ4n) is 1.08. The van der Waals surface area contributed by atoms with Gasteiger partial charge in [-0.1, -0.05) is 13.8 Å². The van der Waals surface area contributed by atoms with Crippen molar-refractivity contribution in [2.45, 2.75) is 19.8 Å². The van der Waals surface area contributed by atoms with Gasteiger partial charge in [-0.2, -0.15) is 9.36 Å². The molecule has 0 saturated heterocycles. The summed E-state index contributed by atoms with van der Waals surface area (Å²) in [5.74, 6) is 0.517. The summed E-state index contributed by atoms with van der Waals surface area (Å²) < 4.78 is 9.58. The van der Waals surface area contributed by atoms with Crippen LogP contribution in [0, 0.1) is 0 Å².